The maximum Gasteiger partial charge on any atom is 0.263 e. The molecule has 0 atom stereocenters. The lowest BCUT2D eigenvalue weighted by molar-refractivity contribution is -0.118. The molecule has 0 saturated heterocycles. The van der Waals surface area contributed by atoms with E-state index in [9.17, 15) is 9.59 Å². The molecule has 28 heavy (non-hydrogen) atoms. The highest BCUT2D eigenvalue weighted by Crippen LogP contribution is 2.27. The van der Waals surface area contributed by atoms with E-state index in [4.69, 9.17) is 0 Å². The van der Waals surface area contributed by atoms with Crippen molar-refractivity contribution in [3.8, 4) is 10.6 Å². The van der Waals surface area contributed by atoms with Gasteiger partial charge in [-0.1, -0.05) is 56.3 Å². The second-order valence-corrected chi connectivity index (χ2v) is 7.83. The fourth-order valence-corrected chi connectivity index (χ4v) is 3.61. The van der Waals surface area contributed by atoms with Crippen LogP contribution in [-0.4, -0.2) is 16.8 Å². The summed E-state index contributed by atoms with van der Waals surface area (Å²) in [5.41, 5.74) is 3.37. The van der Waals surface area contributed by atoms with Crippen LogP contribution in [0.5, 0.6) is 0 Å². The van der Waals surface area contributed by atoms with Gasteiger partial charge in [-0.25, -0.2) is 4.98 Å². The molecule has 3 aromatic rings. The first-order valence-electron chi connectivity index (χ1n) is 9.15. The number of hydrogen-bond donors (Lipinski definition) is 2. The zero-order valence-corrected chi connectivity index (χ0v) is 17.0. The van der Waals surface area contributed by atoms with Crippen LogP contribution in [0.3, 0.4) is 0 Å². The average molecular weight is 394 g/mol. The van der Waals surface area contributed by atoms with E-state index in [2.05, 4.69) is 15.6 Å². The molecule has 0 bridgehead atoms. The van der Waals surface area contributed by atoms with Crippen molar-refractivity contribution in [2.24, 2.45) is 5.92 Å². The summed E-state index contributed by atoms with van der Waals surface area (Å²) in [5, 5.41) is 6.65. The summed E-state index contributed by atoms with van der Waals surface area (Å²) in [7, 11) is 0. The van der Waals surface area contributed by atoms with E-state index in [0.717, 1.165) is 27.5 Å². The fraction of sp³-hybridized carbons (Fsp3) is 0.227. The minimum atomic E-state index is -0.145. The van der Waals surface area contributed by atoms with Gasteiger partial charge >= 0.3 is 0 Å². The van der Waals surface area contributed by atoms with Crippen LogP contribution < -0.4 is 10.6 Å². The van der Waals surface area contributed by atoms with Gasteiger partial charge in [-0.05, 0) is 24.6 Å². The molecule has 0 aliphatic carbocycles. The lowest BCUT2D eigenvalue weighted by Gasteiger charge is -2.10. The highest BCUT2D eigenvalue weighted by molar-refractivity contribution is 7.17. The Hall–Kier alpha value is -2.99. The molecule has 5 nitrogen and oxygen atoms in total. The van der Waals surface area contributed by atoms with Crippen molar-refractivity contribution < 1.29 is 9.59 Å². The van der Waals surface area contributed by atoms with Crippen LogP contribution in [0.25, 0.3) is 10.6 Å². The van der Waals surface area contributed by atoms with Crippen LogP contribution in [0.15, 0.2) is 54.6 Å². The van der Waals surface area contributed by atoms with Gasteiger partial charge in [0.2, 0.25) is 5.91 Å². The Morgan fingerprint density at radius 2 is 1.82 bits per heavy atom. The molecule has 3 rings (SSSR count). The molecule has 0 unspecified atom stereocenters. The van der Waals surface area contributed by atoms with E-state index in [1.807, 2.05) is 75.4 Å². The third-order valence-electron chi connectivity index (χ3n) is 4.20. The Bertz CT molecular complexity index is 980. The van der Waals surface area contributed by atoms with Crippen molar-refractivity contribution in [2.75, 3.05) is 5.32 Å². The molecule has 0 saturated carbocycles. The Morgan fingerprint density at radius 3 is 2.54 bits per heavy atom. The van der Waals surface area contributed by atoms with Crippen LogP contribution in [0.1, 0.15) is 34.8 Å². The number of aryl methyl sites for hydroxylation is 1. The Kier molecular flexibility index (Phi) is 6.21. The number of hydrogen-bond acceptors (Lipinski definition) is 4. The fourth-order valence-electron chi connectivity index (χ4n) is 2.62. The number of amides is 2. The normalized spacial score (nSPS) is 10.7. The first-order valence-corrected chi connectivity index (χ1v) is 9.96. The molecule has 2 aromatic carbocycles. The Labute approximate surface area is 168 Å². The van der Waals surface area contributed by atoms with Crippen molar-refractivity contribution in [3.05, 3.63) is 70.7 Å². The standard InChI is InChI=1S/C22H23N3O2S/c1-14(2)20(26)25-18-11-7-8-16(12-18)13-23-21(27)19-15(3)24-22(28-19)17-9-5-4-6-10-17/h4-12,14H,13H2,1-3H3,(H,23,27)(H,25,26). The van der Waals surface area contributed by atoms with Crippen LogP contribution in [0, 0.1) is 12.8 Å². The third kappa shape index (κ3) is 4.84. The van der Waals surface area contributed by atoms with Crippen molar-refractivity contribution in [3.63, 3.8) is 0 Å². The van der Waals surface area contributed by atoms with Gasteiger partial charge in [0.05, 0.1) is 5.69 Å². The number of rotatable bonds is 6. The van der Waals surface area contributed by atoms with Crippen molar-refractivity contribution in [1.29, 1.82) is 0 Å². The SMILES string of the molecule is Cc1nc(-c2ccccc2)sc1C(=O)NCc1cccc(NC(=O)C(C)C)c1. The Balaban J connectivity index is 1.66. The molecule has 0 radical (unpaired) electrons. The zero-order valence-electron chi connectivity index (χ0n) is 16.2. The third-order valence-corrected chi connectivity index (χ3v) is 5.40. The number of aromatic nitrogens is 1. The quantitative estimate of drug-likeness (QED) is 0.641. The number of carbonyl (C=O) groups is 2. The first kappa shape index (κ1) is 19.8. The molecule has 2 amide bonds. The second-order valence-electron chi connectivity index (χ2n) is 6.83. The molecule has 6 heteroatoms. The Morgan fingerprint density at radius 1 is 1.07 bits per heavy atom. The van der Waals surface area contributed by atoms with Crippen LogP contribution in [0.2, 0.25) is 0 Å². The lowest BCUT2D eigenvalue weighted by atomic mass is 10.1. The largest absolute Gasteiger partial charge is 0.347 e. The van der Waals surface area contributed by atoms with Gasteiger partial charge in [-0.15, -0.1) is 11.3 Å². The maximum absolute atomic E-state index is 12.6. The maximum atomic E-state index is 12.6. The number of carbonyl (C=O) groups excluding carboxylic acids is 2. The smallest absolute Gasteiger partial charge is 0.263 e. The van der Waals surface area contributed by atoms with Gasteiger partial charge in [0.25, 0.3) is 5.91 Å². The highest BCUT2D eigenvalue weighted by Gasteiger charge is 2.16. The van der Waals surface area contributed by atoms with Crippen LogP contribution >= 0.6 is 11.3 Å². The van der Waals surface area contributed by atoms with E-state index in [-0.39, 0.29) is 17.7 Å². The molecular formula is C22H23N3O2S. The topological polar surface area (TPSA) is 71.1 Å². The molecule has 0 fully saturated rings. The zero-order chi connectivity index (χ0) is 20.1. The summed E-state index contributed by atoms with van der Waals surface area (Å²) in [6.07, 6.45) is 0. The summed E-state index contributed by atoms with van der Waals surface area (Å²) < 4.78 is 0. The number of nitrogens with one attached hydrogen (secondary N) is 2. The van der Waals surface area contributed by atoms with E-state index in [1.54, 1.807) is 0 Å². The summed E-state index contributed by atoms with van der Waals surface area (Å²) in [6, 6.07) is 17.3. The van der Waals surface area contributed by atoms with Gasteiger partial charge in [0.15, 0.2) is 0 Å². The first-order chi connectivity index (χ1) is 13.4. The minimum absolute atomic E-state index is 0.0325. The van der Waals surface area contributed by atoms with Crippen LogP contribution in [-0.2, 0) is 11.3 Å². The average Bonchev–Trinajstić information content (AvgIpc) is 3.09. The minimum Gasteiger partial charge on any atom is -0.347 e. The molecular weight excluding hydrogens is 370 g/mol. The molecule has 2 N–H and O–H groups in total. The molecule has 1 aromatic heterocycles. The number of benzene rings is 2. The van der Waals surface area contributed by atoms with Gasteiger partial charge < -0.3 is 10.6 Å². The molecule has 0 aliphatic rings. The van der Waals surface area contributed by atoms with Crippen molar-refractivity contribution in [2.45, 2.75) is 27.3 Å². The molecule has 144 valence electrons. The lowest BCUT2D eigenvalue weighted by Crippen LogP contribution is -2.23. The number of nitrogens with zero attached hydrogens (tertiary/aromatic N) is 1. The predicted octanol–water partition coefficient (Wildman–Crippen LogP) is 4.64. The van der Waals surface area contributed by atoms with Gasteiger partial charge in [0.1, 0.15) is 9.88 Å². The second kappa shape index (κ2) is 8.80. The summed E-state index contributed by atoms with van der Waals surface area (Å²) in [4.78, 5) is 29.6. The van der Waals surface area contributed by atoms with Gasteiger partial charge in [-0.2, -0.15) is 0 Å². The van der Waals surface area contributed by atoms with Gasteiger partial charge in [0, 0.05) is 23.7 Å². The number of thiazole rings is 1. The highest BCUT2D eigenvalue weighted by atomic mass is 32.1. The summed E-state index contributed by atoms with van der Waals surface area (Å²) in [5.74, 6) is -0.264. The monoisotopic (exact) mass is 393 g/mol. The van der Waals surface area contributed by atoms with Crippen molar-refractivity contribution >= 4 is 28.8 Å². The molecule has 0 spiro atoms. The van der Waals surface area contributed by atoms with Crippen molar-refractivity contribution in [1.82, 2.24) is 10.3 Å². The summed E-state index contributed by atoms with van der Waals surface area (Å²) in [6.45, 7) is 5.92. The van der Waals surface area contributed by atoms with E-state index < -0.39 is 0 Å². The van der Waals surface area contributed by atoms with E-state index in [0.29, 0.717) is 11.4 Å². The molecule has 0 aliphatic heterocycles. The molecule has 1 heterocycles. The van der Waals surface area contributed by atoms with E-state index in [1.165, 1.54) is 11.3 Å². The van der Waals surface area contributed by atoms with Crippen LogP contribution in [0.4, 0.5) is 5.69 Å². The summed E-state index contributed by atoms with van der Waals surface area (Å²) >= 11 is 1.39. The van der Waals surface area contributed by atoms with E-state index >= 15 is 0 Å². The van der Waals surface area contributed by atoms with Gasteiger partial charge in [-0.3, -0.25) is 9.59 Å². The predicted molar refractivity (Wildman–Crippen MR) is 113 cm³/mol. The number of anilines is 1.